The zero-order valence-corrected chi connectivity index (χ0v) is 13.8. The quantitative estimate of drug-likeness (QED) is 0.725. The number of carbonyl (C=O) groups is 3. The van der Waals surface area contributed by atoms with Crippen molar-refractivity contribution in [3.05, 3.63) is 69.7 Å². The van der Waals surface area contributed by atoms with Crippen molar-refractivity contribution in [3.63, 3.8) is 0 Å². The van der Waals surface area contributed by atoms with Crippen LogP contribution in [0, 0.1) is 0 Å². The molecule has 0 aliphatic heterocycles. The minimum atomic E-state index is -0.576. The maximum atomic E-state index is 11.8. The number of carbonyl (C=O) groups excluding carboxylic acids is 3. The molecule has 2 rings (SSSR count). The van der Waals surface area contributed by atoms with Crippen LogP contribution in [0.5, 0.6) is 0 Å². The molecule has 2 aromatic rings. The number of amides is 3. The van der Waals surface area contributed by atoms with E-state index < -0.39 is 17.7 Å². The maximum Gasteiger partial charge on any atom is 0.269 e. The Kier molecular flexibility index (Phi) is 6.17. The lowest BCUT2D eigenvalue weighted by atomic mass is 10.2. The first kappa shape index (κ1) is 17.8. The van der Waals surface area contributed by atoms with E-state index in [9.17, 15) is 14.4 Å². The summed E-state index contributed by atoms with van der Waals surface area (Å²) < 4.78 is 0. The van der Waals surface area contributed by atoms with Gasteiger partial charge < -0.3 is 5.32 Å². The molecule has 0 unspecified atom stereocenters. The predicted molar refractivity (Wildman–Crippen MR) is 90.8 cm³/mol. The fourth-order valence-electron chi connectivity index (χ4n) is 1.74. The smallest absolute Gasteiger partial charge is 0.269 e. The SMILES string of the molecule is O=C(CNC(=O)c1cccc(Cl)c1)NNC(=O)c1ccc(Cl)cc1. The summed E-state index contributed by atoms with van der Waals surface area (Å²) in [7, 11) is 0. The Morgan fingerprint density at radius 3 is 2.17 bits per heavy atom. The Bertz CT molecular complexity index is 763. The third-order valence-corrected chi connectivity index (χ3v) is 3.41. The molecule has 6 nitrogen and oxygen atoms in total. The number of hydrogen-bond acceptors (Lipinski definition) is 3. The molecule has 0 saturated carbocycles. The van der Waals surface area contributed by atoms with Gasteiger partial charge in [0.1, 0.15) is 0 Å². The van der Waals surface area contributed by atoms with Crippen molar-refractivity contribution < 1.29 is 14.4 Å². The normalized spacial score (nSPS) is 9.92. The van der Waals surface area contributed by atoms with Crippen LogP contribution in [0.2, 0.25) is 10.0 Å². The van der Waals surface area contributed by atoms with Gasteiger partial charge in [0, 0.05) is 21.2 Å². The van der Waals surface area contributed by atoms with Gasteiger partial charge in [-0.15, -0.1) is 0 Å². The van der Waals surface area contributed by atoms with Crippen molar-refractivity contribution in [2.75, 3.05) is 6.54 Å². The van der Waals surface area contributed by atoms with Crippen molar-refractivity contribution in [1.29, 1.82) is 0 Å². The van der Waals surface area contributed by atoms with Gasteiger partial charge in [0.25, 0.3) is 17.7 Å². The van der Waals surface area contributed by atoms with E-state index in [0.29, 0.717) is 21.2 Å². The predicted octanol–water partition coefficient (Wildman–Crippen LogP) is 2.18. The molecular formula is C16H13Cl2N3O3. The molecular weight excluding hydrogens is 353 g/mol. The highest BCUT2D eigenvalue weighted by molar-refractivity contribution is 6.31. The molecule has 124 valence electrons. The van der Waals surface area contributed by atoms with E-state index in [4.69, 9.17) is 23.2 Å². The van der Waals surface area contributed by atoms with Crippen LogP contribution in [-0.4, -0.2) is 24.3 Å². The molecule has 0 spiro atoms. The summed E-state index contributed by atoms with van der Waals surface area (Å²) in [5, 5.41) is 3.34. The lowest BCUT2D eigenvalue weighted by molar-refractivity contribution is -0.120. The molecule has 0 aliphatic rings. The van der Waals surface area contributed by atoms with E-state index in [1.165, 1.54) is 18.2 Å². The first-order valence-corrected chi connectivity index (χ1v) is 7.60. The molecule has 0 aliphatic carbocycles. The Hall–Kier alpha value is -2.57. The Morgan fingerprint density at radius 2 is 1.50 bits per heavy atom. The van der Waals surface area contributed by atoms with Crippen molar-refractivity contribution >= 4 is 40.9 Å². The van der Waals surface area contributed by atoms with Gasteiger partial charge in [-0.2, -0.15) is 0 Å². The number of hydrazine groups is 1. The van der Waals surface area contributed by atoms with Crippen molar-refractivity contribution in [1.82, 2.24) is 16.2 Å². The van der Waals surface area contributed by atoms with Crippen LogP contribution >= 0.6 is 23.2 Å². The maximum absolute atomic E-state index is 11.8. The van der Waals surface area contributed by atoms with Crippen molar-refractivity contribution in [2.24, 2.45) is 0 Å². The molecule has 0 fully saturated rings. The van der Waals surface area contributed by atoms with Crippen LogP contribution in [0.4, 0.5) is 0 Å². The molecule has 0 heterocycles. The van der Waals surface area contributed by atoms with Crippen LogP contribution < -0.4 is 16.2 Å². The van der Waals surface area contributed by atoms with E-state index in [1.807, 2.05) is 0 Å². The molecule has 24 heavy (non-hydrogen) atoms. The Labute approximate surface area is 148 Å². The highest BCUT2D eigenvalue weighted by Crippen LogP contribution is 2.10. The first-order chi connectivity index (χ1) is 11.5. The van der Waals surface area contributed by atoms with Crippen LogP contribution in [0.15, 0.2) is 48.5 Å². The number of rotatable bonds is 4. The van der Waals surface area contributed by atoms with Crippen LogP contribution in [0.3, 0.4) is 0 Å². The van der Waals surface area contributed by atoms with Gasteiger partial charge in [0.05, 0.1) is 6.54 Å². The minimum Gasteiger partial charge on any atom is -0.343 e. The van der Waals surface area contributed by atoms with Gasteiger partial charge in [0.15, 0.2) is 0 Å². The third kappa shape index (κ3) is 5.26. The molecule has 3 amide bonds. The van der Waals surface area contributed by atoms with E-state index in [1.54, 1.807) is 30.3 Å². The van der Waals surface area contributed by atoms with Crippen LogP contribution in [0.25, 0.3) is 0 Å². The summed E-state index contributed by atoms with van der Waals surface area (Å²) in [6.07, 6.45) is 0. The summed E-state index contributed by atoms with van der Waals surface area (Å²) >= 11 is 11.5. The number of halogens is 2. The molecule has 8 heteroatoms. The molecule has 0 aromatic heterocycles. The lowest BCUT2D eigenvalue weighted by Crippen LogP contribution is -2.46. The monoisotopic (exact) mass is 365 g/mol. The van der Waals surface area contributed by atoms with Gasteiger partial charge in [-0.3, -0.25) is 25.2 Å². The summed E-state index contributed by atoms with van der Waals surface area (Å²) in [6.45, 7) is -0.299. The van der Waals surface area contributed by atoms with E-state index >= 15 is 0 Å². The summed E-state index contributed by atoms with van der Waals surface area (Å²) in [5.41, 5.74) is 5.11. The van der Waals surface area contributed by atoms with Crippen LogP contribution in [-0.2, 0) is 4.79 Å². The van der Waals surface area contributed by atoms with Gasteiger partial charge in [0.2, 0.25) is 0 Å². The van der Waals surface area contributed by atoms with Crippen LogP contribution in [0.1, 0.15) is 20.7 Å². The van der Waals surface area contributed by atoms with Gasteiger partial charge in [-0.1, -0.05) is 29.3 Å². The molecule has 0 bridgehead atoms. The second-order valence-electron chi connectivity index (χ2n) is 4.70. The standard InChI is InChI=1S/C16H13Cl2N3O3/c17-12-6-4-10(5-7-12)16(24)21-20-14(22)9-19-15(23)11-2-1-3-13(18)8-11/h1-8H,9H2,(H,19,23)(H,20,22)(H,21,24). The fraction of sp³-hybridized carbons (Fsp3) is 0.0625. The number of benzene rings is 2. The molecule has 3 N–H and O–H groups in total. The fourth-order valence-corrected chi connectivity index (χ4v) is 2.05. The van der Waals surface area contributed by atoms with Crippen molar-refractivity contribution in [3.8, 4) is 0 Å². The van der Waals surface area contributed by atoms with Crippen molar-refractivity contribution in [2.45, 2.75) is 0 Å². The summed E-state index contributed by atoms with van der Waals surface area (Å²) in [5.74, 6) is -1.52. The average molecular weight is 366 g/mol. The van der Waals surface area contributed by atoms with Gasteiger partial charge in [-0.05, 0) is 42.5 Å². The topological polar surface area (TPSA) is 87.3 Å². The lowest BCUT2D eigenvalue weighted by Gasteiger charge is -2.08. The highest BCUT2D eigenvalue weighted by atomic mass is 35.5. The molecule has 0 radical (unpaired) electrons. The second-order valence-corrected chi connectivity index (χ2v) is 5.58. The average Bonchev–Trinajstić information content (AvgIpc) is 2.58. The highest BCUT2D eigenvalue weighted by Gasteiger charge is 2.10. The molecule has 0 atom stereocenters. The Balaban J connectivity index is 1.78. The third-order valence-electron chi connectivity index (χ3n) is 2.92. The molecule has 2 aromatic carbocycles. The molecule has 0 saturated heterocycles. The van der Waals surface area contributed by atoms with Gasteiger partial charge >= 0.3 is 0 Å². The minimum absolute atomic E-state index is 0.299. The summed E-state index contributed by atoms with van der Waals surface area (Å²) in [6, 6.07) is 12.5. The number of nitrogens with one attached hydrogen (secondary N) is 3. The van der Waals surface area contributed by atoms with E-state index in [-0.39, 0.29) is 6.54 Å². The van der Waals surface area contributed by atoms with E-state index in [2.05, 4.69) is 16.2 Å². The second kappa shape index (κ2) is 8.33. The Morgan fingerprint density at radius 1 is 0.792 bits per heavy atom. The largest absolute Gasteiger partial charge is 0.343 e. The number of hydrogen-bond donors (Lipinski definition) is 3. The van der Waals surface area contributed by atoms with E-state index in [0.717, 1.165) is 0 Å². The van der Waals surface area contributed by atoms with Gasteiger partial charge in [-0.25, -0.2) is 0 Å². The zero-order valence-electron chi connectivity index (χ0n) is 12.3. The first-order valence-electron chi connectivity index (χ1n) is 6.84. The summed E-state index contributed by atoms with van der Waals surface area (Å²) in [4.78, 5) is 35.3. The zero-order chi connectivity index (χ0) is 17.5.